The maximum atomic E-state index is 12.1. The Morgan fingerprint density at radius 2 is 2.00 bits per heavy atom. The summed E-state index contributed by atoms with van der Waals surface area (Å²) in [6.07, 6.45) is 5.87. The van der Waals surface area contributed by atoms with Crippen molar-refractivity contribution in [3.63, 3.8) is 0 Å². The van der Waals surface area contributed by atoms with E-state index in [1.165, 1.54) is 0 Å². The molecule has 0 saturated heterocycles. The molecule has 4 N–H and O–H groups in total. The number of ether oxygens (including phenoxy) is 2. The number of methoxy groups -OCH3 is 2. The predicted octanol–water partition coefficient (Wildman–Crippen LogP) is -0.179. The van der Waals surface area contributed by atoms with Crippen molar-refractivity contribution in [3.8, 4) is 0 Å². The van der Waals surface area contributed by atoms with Gasteiger partial charge in [-0.25, -0.2) is 0 Å². The first-order valence-electron chi connectivity index (χ1n) is 6.61. The zero-order chi connectivity index (χ0) is 13.7. The zero-order valence-electron chi connectivity index (χ0n) is 11.7. The normalized spacial score (nSPS) is 34.1. The average molecular weight is 283 g/mol. The zero-order valence-corrected chi connectivity index (χ0v) is 11.7. The molecule has 1 aliphatic heterocycles. The number of Topliss-reactive ketones (excluding diaryl/α,β-unsaturated/α-hetero) is 1. The smallest absolute Gasteiger partial charge is 0.208 e. The van der Waals surface area contributed by atoms with Gasteiger partial charge in [0.2, 0.25) is 5.79 Å². The van der Waals surface area contributed by atoms with E-state index < -0.39 is 11.4 Å². The molecular weight excluding hydrogens is 262 g/mol. The molecule has 0 amide bonds. The Morgan fingerprint density at radius 1 is 1.30 bits per heavy atom. The summed E-state index contributed by atoms with van der Waals surface area (Å²) >= 11 is 0. The van der Waals surface area contributed by atoms with Gasteiger partial charge in [-0.05, 0) is 25.0 Å². The van der Waals surface area contributed by atoms with E-state index in [1.807, 2.05) is 0 Å². The van der Waals surface area contributed by atoms with E-state index >= 15 is 0 Å². The van der Waals surface area contributed by atoms with Crippen LogP contribution in [0.25, 0.3) is 0 Å². The van der Waals surface area contributed by atoms with Crippen LogP contribution >= 0.6 is 0 Å². The number of rotatable bonds is 2. The van der Waals surface area contributed by atoms with Gasteiger partial charge in [0.05, 0.1) is 6.04 Å². The van der Waals surface area contributed by atoms with Crippen molar-refractivity contribution in [2.45, 2.75) is 43.1 Å². The van der Waals surface area contributed by atoms with Crippen molar-refractivity contribution in [3.05, 3.63) is 23.4 Å². The lowest BCUT2D eigenvalue weighted by Gasteiger charge is -2.49. The van der Waals surface area contributed by atoms with Crippen molar-refractivity contribution >= 4 is 5.78 Å². The van der Waals surface area contributed by atoms with Gasteiger partial charge in [-0.1, -0.05) is 0 Å². The first kappa shape index (κ1) is 15.2. The van der Waals surface area contributed by atoms with Crippen LogP contribution in [0.4, 0.5) is 0 Å². The van der Waals surface area contributed by atoms with E-state index in [0.717, 1.165) is 18.5 Å². The van der Waals surface area contributed by atoms with Crippen LogP contribution in [0.2, 0.25) is 0 Å². The monoisotopic (exact) mass is 283 g/mol. The second kappa shape index (κ2) is 4.96. The third-order valence-electron chi connectivity index (χ3n) is 4.42. The van der Waals surface area contributed by atoms with Gasteiger partial charge in [-0.2, -0.15) is 0 Å². The third kappa shape index (κ3) is 1.91. The Kier molecular flexibility index (Phi) is 3.77. The van der Waals surface area contributed by atoms with Crippen LogP contribution in [0.3, 0.4) is 0 Å². The first-order valence-corrected chi connectivity index (χ1v) is 6.61. The fourth-order valence-corrected chi connectivity index (χ4v) is 3.43. The number of nitrogens with one attached hydrogen (secondary N) is 1. The Bertz CT molecular complexity index is 480. The van der Waals surface area contributed by atoms with Crippen molar-refractivity contribution < 1.29 is 24.9 Å². The van der Waals surface area contributed by atoms with Crippen molar-refractivity contribution in [2.75, 3.05) is 14.2 Å². The summed E-state index contributed by atoms with van der Waals surface area (Å²) < 4.78 is 11.0. The number of ketones is 1. The van der Waals surface area contributed by atoms with Gasteiger partial charge < -0.3 is 25.4 Å². The summed E-state index contributed by atoms with van der Waals surface area (Å²) in [5, 5.41) is 14.1. The molecule has 6 heteroatoms. The van der Waals surface area contributed by atoms with Crippen LogP contribution in [0.15, 0.2) is 23.4 Å². The number of hydrogen-bond acceptors (Lipinski definition) is 5. The van der Waals surface area contributed by atoms with E-state index in [9.17, 15) is 9.90 Å². The highest BCUT2D eigenvalue weighted by Crippen LogP contribution is 2.43. The van der Waals surface area contributed by atoms with Crippen LogP contribution in [-0.2, 0) is 14.3 Å². The lowest BCUT2D eigenvalue weighted by molar-refractivity contribution is -0.202. The molecule has 1 heterocycles. The molecule has 6 nitrogen and oxygen atoms in total. The van der Waals surface area contributed by atoms with E-state index in [-0.39, 0.29) is 17.3 Å². The summed E-state index contributed by atoms with van der Waals surface area (Å²) in [7, 11) is 3.16. The SMILES string of the molecule is COC1(OC)C=C[C@@]2(O)C[C@@H]1NC1=C2C(=O)CCC1.O. The summed E-state index contributed by atoms with van der Waals surface area (Å²) in [5.41, 5.74) is 0.202. The molecule has 0 saturated carbocycles. The molecule has 20 heavy (non-hydrogen) atoms. The molecule has 3 rings (SSSR count). The summed E-state index contributed by atoms with van der Waals surface area (Å²) in [4.78, 5) is 12.1. The fourth-order valence-electron chi connectivity index (χ4n) is 3.43. The van der Waals surface area contributed by atoms with Crippen molar-refractivity contribution in [2.24, 2.45) is 0 Å². The molecule has 2 bridgehead atoms. The molecule has 0 spiro atoms. The summed E-state index contributed by atoms with van der Waals surface area (Å²) in [6, 6.07) is -0.192. The largest absolute Gasteiger partial charge is 0.412 e. The summed E-state index contributed by atoms with van der Waals surface area (Å²) in [5.74, 6) is -0.840. The number of carbonyl (C=O) groups is 1. The van der Waals surface area contributed by atoms with Gasteiger partial charge in [0.25, 0.3) is 0 Å². The molecule has 0 fully saturated rings. The van der Waals surface area contributed by atoms with Crippen LogP contribution in [0.1, 0.15) is 25.7 Å². The molecule has 2 atom stereocenters. The molecule has 3 aliphatic rings. The van der Waals surface area contributed by atoms with E-state index in [1.54, 1.807) is 26.4 Å². The number of allylic oxidation sites excluding steroid dienone is 1. The second-order valence-corrected chi connectivity index (χ2v) is 5.42. The minimum Gasteiger partial charge on any atom is -0.412 e. The van der Waals surface area contributed by atoms with Gasteiger partial charge in [-0.3, -0.25) is 4.79 Å². The maximum Gasteiger partial charge on any atom is 0.208 e. The van der Waals surface area contributed by atoms with Crippen molar-refractivity contribution in [1.82, 2.24) is 5.32 Å². The molecule has 2 aliphatic carbocycles. The lowest BCUT2D eigenvalue weighted by atomic mass is 9.71. The minimum absolute atomic E-state index is 0. The maximum absolute atomic E-state index is 12.1. The Balaban J connectivity index is 0.00000147. The molecule has 0 radical (unpaired) electrons. The van der Waals surface area contributed by atoms with Crippen LogP contribution in [0, 0.1) is 0 Å². The predicted molar refractivity (Wildman–Crippen MR) is 71.9 cm³/mol. The minimum atomic E-state index is -1.18. The molecule has 0 aromatic rings. The van der Waals surface area contributed by atoms with Gasteiger partial charge in [-0.15, -0.1) is 0 Å². The van der Waals surface area contributed by atoms with E-state index in [2.05, 4.69) is 5.32 Å². The molecular formula is C14H21NO5. The van der Waals surface area contributed by atoms with Crippen molar-refractivity contribution in [1.29, 1.82) is 0 Å². The number of aliphatic hydroxyl groups is 1. The summed E-state index contributed by atoms with van der Waals surface area (Å²) in [6.45, 7) is 0. The second-order valence-electron chi connectivity index (χ2n) is 5.42. The van der Waals surface area contributed by atoms with Crippen LogP contribution in [-0.4, -0.2) is 48.0 Å². The molecule has 0 unspecified atom stereocenters. The number of carbonyl (C=O) groups excluding carboxylic acids is 1. The highest BCUT2D eigenvalue weighted by atomic mass is 16.7. The van der Waals surface area contributed by atoms with E-state index in [4.69, 9.17) is 9.47 Å². The highest BCUT2D eigenvalue weighted by molar-refractivity contribution is 5.99. The highest BCUT2D eigenvalue weighted by Gasteiger charge is 2.53. The topological polar surface area (TPSA) is 99.3 Å². The molecule has 0 aromatic heterocycles. The van der Waals surface area contributed by atoms with Gasteiger partial charge in [0.15, 0.2) is 5.78 Å². The van der Waals surface area contributed by atoms with E-state index in [0.29, 0.717) is 18.4 Å². The van der Waals surface area contributed by atoms with Gasteiger partial charge in [0.1, 0.15) is 5.60 Å². The average Bonchev–Trinajstić information content (AvgIpc) is 2.39. The Morgan fingerprint density at radius 3 is 2.65 bits per heavy atom. The van der Waals surface area contributed by atoms with Crippen LogP contribution in [0.5, 0.6) is 0 Å². The van der Waals surface area contributed by atoms with Gasteiger partial charge in [0, 0.05) is 38.3 Å². The van der Waals surface area contributed by atoms with Crippen LogP contribution < -0.4 is 5.32 Å². The quantitative estimate of drug-likeness (QED) is 0.541. The first-order chi connectivity index (χ1) is 9.04. The lowest BCUT2D eigenvalue weighted by Crippen LogP contribution is -2.62. The number of hydrogen-bond donors (Lipinski definition) is 2. The molecule has 112 valence electrons. The van der Waals surface area contributed by atoms with Gasteiger partial charge >= 0.3 is 0 Å². The Hall–Kier alpha value is -1.21. The number of fused-ring (bicyclic) bond motifs is 3. The third-order valence-corrected chi connectivity index (χ3v) is 4.42. The molecule has 0 aromatic carbocycles. The Labute approximate surface area is 117 Å². The fraction of sp³-hybridized carbons (Fsp3) is 0.643. The standard InChI is InChI=1S/C14H19NO4.H2O/c1-18-14(19-2)7-6-13(17)8-11(14)15-9-4-3-5-10(16)12(9)13;/h6-7,11,15,17H,3-5,8H2,1-2H3;1H2/t11-,13+;/m0./s1.